The third kappa shape index (κ3) is 3.89. The molecule has 0 bridgehead atoms. The zero-order chi connectivity index (χ0) is 13.1. The molecule has 0 saturated heterocycles. The fourth-order valence-electron chi connectivity index (χ4n) is 2.51. The second-order valence-electron chi connectivity index (χ2n) is 5.55. The van der Waals surface area contributed by atoms with E-state index < -0.39 is 5.97 Å². The minimum absolute atomic E-state index is 0.0289. The molecule has 5 heteroatoms. The van der Waals surface area contributed by atoms with Crippen molar-refractivity contribution in [3.63, 3.8) is 0 Å². The molecule has 18 heavy (non-hydrogen) atoms. The van der Waals surface area contributed by atoms with Gasteiger partial charge in [0.15, 0.2) is 0 Å². The van der Waals surface area contributed by atoms with E-state index in [4.69, 9.17) is 5.11 Å². The maximum Gasteiger partial charge on any atom is 0.315 e. The molecule has 2 aliphatic rings. The van der Waals surface area contributed by atoms with Crippen molar-refractivity contribution in [2.24, 2.45) is 11.8 Å². The van der Waals surface area contributed by atoms with Crippen molar-refractivity contribution in [3.05, 3.63) is 0 Å². The molecule has 2 amide bonds. The highest BCUT2D eigenvalue weighted by Crippen LogP contribution is 2.35. The summed E-state index contributed by atoms with van der Waals surface area (Å²) in [5.74, 6) is 0.138. The Bertz CT molecular complexity index is 328. The average Bonchev–Trinajstić information content (AvgIpc) is 3.12. The Labute approximate surface area is 107 Å². The van der Waals surface area contributed by atoms with Crippen LogP contribution in [0.5, 0.6) is 0 Å². The molecule has 2 aliphatic carbocycles. The van der Waals surface area contributed by atoms with Crippen LogP contribution in [-0.4, -0.2) is 29.2 Å². The Morgan fingerprint density at radius 2 is 2.11 bits per heavy atom. The summed E-state index contributed by atoms with van der Waals surface area (Å²) in [6.07, 6.45) is 5.45. The van der Waals surface area contributed by atoms with E-state index in [2.05, 4.69) is 17.6 Å². The second kappa shape index (κ2) is 5.59. The van der Waals surface area contributed by atoms with Crippen LogP contribution in [0.15, 0.2) is 0 Å². The Kier molecular flexibility index (Phi) is 4.09. The molecule has 0 heterocycles. The summed E-state index contributed by atoms with van der Waals surface area (Å²) >= 11 is 0. The topological polar surface area (TPSA) is 78.4 Å². The average molecular weight is 254 g/mol. The zero-order valence-electron chi connectivity index (χ0n) is 10.8. The van der Waals surface area contributed by atoms with Gasteiger partial charge in [-0.15, -0.1) is 0 Å². The van der Waals surface area contributed by atoms with Gasteiger partial charge in [0.2, 0.25) is 0 Å². The number of rotatable bonds is 7. The first-order chi connectivity index (χ1) is 8.60. The van der Waals surface area contributed by atoms with Gasteiger partial charge in [-0.2, -0.15) is 0 Å². The lowest BCUT2D eigenvalue weighted by Crippen LogP contribution is -2.45. The number of hydrogen-bond donors (Lipinski definition) is 3. The highest BCUT2D eigenvalue weighted by molar-refractivity contribution is 5.76. The fraction of sp³-hybridized carbons (Fsp3) is 0.846. The molecule has 2 fully saturated rings. The standard InChI is InChI=1S/C13H22N2O3/c1-2-3-9-6-10(9)14-13(18)15-11(7-12(16)17)8-4-5-8/h8-11H,2-7H2,1H3,(H,16,17)(H2,14,15,18). The summed E-state index contributed by atoms with van der Waals surface area (Å²) in [6.45, 7) is 2.14. The number of urea groups is 1. The number of carbonyl (C=O) groups is 2. The van der Waals surface area contributed by atoms with E-state index in [1.807, 2.05) is 0 Å². The molecule has 0 radical (unpaired) electrons. The molecule has 5 nitrogen and oxygen atoms in total. The van der Waals surface area contributed by atoms with Crippen molar-refractivity contribution in [1.82, 2.24) is 10.6 Å². The summed E-state index contributed by atoms with van der Waals surface area (Å²) in [5.41, 5.74) is 0. The van der Waals surface area contributed by atoms with Crippen LogP contribution in [0.3, 0.4) is 0 Å². The third-order valence-electron chi connectivity index (χ3n) is 3.80. The Hall–Kier alpha value is -1.26. The van der Waals surface area contributed by atoms with E-state index in [1.54, 1.807) is 0 Å². The van der Waals surface area contributed by atoms with Crippen molar-refractivity contribution in [2.75, 3.05) is 0 Å². The predicted octanol–water partition coefficient (Wildman–Crippen LogP) is 1.73. The lowest BCUT2D eigenvalue weighted by molar-refractivity contribution is -0.137. The number of carboxylic acids is 1. The summed E-state index contributed by atoms with van der Waals surface area (Å²) in [7, 11) is 0. The number of amides is 2. The smallest absolute Gasteiger partial charge is 0.315 e. The van der Waals surface area contributed by atoms with Crippen LogP contribution in [0.1, 0.15) is 45.4 Å². The molecule has 102 valence electrons. The van der Waals surface area contributed by atoms with Gasteiger partial charge in [-0.3, -0.25) is 4.79 Å². The van der Waals surface area contributed by atoms with Crippen molar-refractivity contribution in [2.45, 2.75) is 57.5 Å². The maximum absolute atomic E-state index is 11.8. The first-order valence-electron chi connectivity index (χ1n) is 6.89. The Morgan fingerprint density at radius 3 is 2.67 bits per heavy atom. The van der Waals surface area contributed by atoms with Crippen LogP contribution in [-0.2, 0) is 4.79 Å². The molecule has 2 saturated carbocycles. The number of aliphatic carboxylic acids is 1. The van der Waals surface area contributed by atoms with Gasteiger partial charge in [0.05, 0.1) is 6.42 Å². The largest absolute Gasteiger partial charge is 0.481 e. The van der Waals surface area contributed by atoms with Gasteiger partial charge in [0, 0.05) is 12.1 Å². The fourth-order valence-corrected chi connectivity index (χ4v) is 2.51. The normalized spacial score (nSPS) is 27.4. The molecule has 0 spiro atoms. The summed E-state index contributed by atoms with van der Waals surface area (Å²) < 4.78 is 0. The number of carboxylic acid groups (broad SMARTS) is 1. The van der Waals surface area contributed by atoms with Gasteiger partial charge in [0.1, 0.15) is 0 Å². The molecule has 2 rings (SSSR count). The summed E-state index contributed by atoms with van der Waals surface area (Å²) in [5, 5.41) is 14.6. The van der Waals surface area contributed by atoms with E-state index in [0.717, 1.165) is 32.1 Å². The zero-order valence-corrected chi connectivity index (χ0v) is 10.8. The van der Waals surface area contributed by atoms with E-state index >= 15 is 0 Å². The lowest BCUT2D eigenvalue weighted by atomic mass is 10.1. The molecule has 0 aromatic heterocycles. The van der Waals surface area contributed by atoms with Gasteiger partial charge < -0.3 is 15.7 Å². The van der Waals surface area contributed by atoms with Gasteiger partial charge in [-0.1, -0.05) is 13.3 Å². The van der Waals surface area contributed by atoms with Gasteiger partial charge >= 0.3 is 12.0 Å². The monoisotopic (exact) mass is 254 g/mol. The van der Waals surface area contributed by atoms with Gasteiger partial charge in [-0.25, -0.2) is 4.79 Å². The molecule has 3 N–H and O–H groups in total. The van der Waals surface area contributed by atoms with Crippen LogP contribution < -0.4 is 10.6 Å². The molecule has 0 aliphatic heterocycles. The van der Waals surface area contributed by atoms with E-state index in [9.17, 15) is 9.59 Å². The first kappa shape index (κ1) is 13.2. The van der Waals surface area contributed by atoms with Crippen molar-refractivity contribution in [3.8, 4) is 0 Å². The van der Waals surface area contributed by atoms with Crippen LogP contribution in [0, 0.1) is 11.8 Å². The van der Waals surface area contributed by atoms with Crippen molar-refractivity contribution >= 4 is 12.0 Å². The van der Waals surface area contributed by atoms with Crippen LogP contribution in [0.4, 0.5) is 4.79 Å². The van der Waals surface area contributed by atoms with E-state index in [1.165, 1.54) is 0 Å². The minimum Gasteiger partial charge on any atom is -0.481 e. The first-order valence-corrected chi connectivity index (χ1v) is 6.89. The van der Waals surface area contributed by atoms with Crippen LogP contribution >= 0.6 is 0 Å². The lowest BCUT2D eigenvalue weighted by Gasteiger charge is -2.16. The summed E-state index contributed by atoms with van der Waals surface area (Å²) in [4.78, 5) is 22.5. The van der Waals surface area contributed by atoms with Gasteiger partial charge in [-0.05, 0) is 37.5 Å². The van der Waals surface area contributed by atoms with Crippen molar-refractivity contribution < 1.29 is 14.7 Å². The number of nitrogens with one attached hydrogen (secondary N) is 2. The highest BCUT2D eigenvalue weighted by Gasteiger charge is 2.38. The highest BCUT2D eigenvalue weighted by atomic mass is 16.4. The van der Waals surface area contributed by atoms with E-state index in [-0.39, 0.29) is 18.5 Å². The molecular weight excluding hydrogens is 232 g/mol. The van der Waals surface area contributed by atoms with Crippen LogP contribution in [0.25, 0.3) is 0 Å². The molecule has 0 aromatic carbocycles. The summed E-state index contributed by atoms with van der Waals surface area (Å²) in [6, 6.07) is -0.0998. The van der Waals surface area contributed by atoms with E-state index in [0.29, 0.717) is 17.9 Å². The predicted molar refractivity (Wildman–Crippen MR) is 67.2 cm³/mol. The Balaban J connectivity index is 1.70. The molecule has 3 unspecified atom stereocenters. The Morgan fingerprint density at radius 1 is 1.39 bits per heavy atom. The SMILES string of the molecule is CCCC1CC1NC(=O)NC(CC(=O)O)C1CC1. The molecular formula is C13H22N2O3. The second-order valence-corrected chi connectivity index (χ2v) is 5.55. The number of carbonyl (C=O) groups excluding carboxylic acids is 1. The third-order valence-corrected chi connectivity index (χ3v) is 3.80. The minimum atomic E-state index is -0.845. The number of hydrogen-bond acceptors (Lipinski definition) is 2. The molecule has 0 aromatic rings. The van der Waals surface area contributed by atoms with Gasteiger partial charge in [0.25, 0.3) is 0 Å². The van der Waals surface area contributed by atoms with Crippen molar-refractivity contribution in [1.29, 1.82) is 0 Å². The van der Waals surface area contributed by atoms with Crippen LogP contribution in [0.2, 0.25) is 0 Å². The molecule has 3 atom stereocenters. The maximum atomic E-state index is 11.8. The quantitative estimate of drug-likeness (QED) is 0.647.